The first-order valence-corrected chi connectivity index (χ1v) is 11.4. The summed E-state index contributed by atoms with van der Waals surface area (Å²) in [5, 5.41) is 16.9. The first-order chi connectivity index (χ1) is 15.4. The number of aliphatic hydroxyl groups is 1. The van der Waals surface area contributed by atoms with E-state index in [1.54, 1.807) is 19.1 Å². The van der Waals surface area contributed by atoms with E-state index in [2.05, 4.69) is 10.6 Å². The number of hydrogen-bond acceptors (Lipinski definition) is 6. The lowest BCUT2D eigenvalue weighted by Crippen LogP contribution is -2.47. The van der Waals surface area contributed by atoms with Crippen LogP contribution in [0.5, 0.6) is 0 Å². The molecule has 176 valence electrons. The van der Waals surface area contributed by atoms with Crippen molar-refractivity contribution in [2.75, 3.05) is 19.6 Å². The van der Waals surface area contributed by atoms with Crippen molar-refractivity contribution < 1.29 is 28.6 Å². The molecule has 1 aromatic carbocycles. The van der Waals surface area contributed by atoms with Crippen LogP contribution in [-0.2, 0) is 25.6 Å². The highest BCUT2D eigenvalue weighted by atomic mass is 19.1. The molecule has 3 N–H and O–H groups in total. The van der Waals surface area contributed by atoms with Gasteiger partial charge in [-0.2, -0.15) is 0 Å². The number of nitrogens with zero attached hydrogens (tertiary/aromatic N) is 1. The van der Waals surface area contributed by atoms with E-state index in [0.29, 0.717) is 25.6 Å². The minimum atomic E-state index is -0.739. The Labute approximate surface area is 187 Å². The molecule has 3 fully saturated rings. The molecule has 3 aliphatic heterocycles. The van der Waals surface area contributed by atoms with Crippen molar-refractivity contribution in [2.24, 2.45) is 0 Å². The monoisotopic (exact) mass is 449 g/mol. The lowest BCUT2D eigenvalue weighted by Gasteiger charge is -2.32. The molecular formula is C23H32FN3O5. The van der Waals surface area contributed by atoms with Gasteiger partial charge in [-0.05, 0) is 30.5 Å². The van der Waals surface area contributed by atoms with Gasteiger partial charge in [0.25, 0.3) is 0 Å². The summed E-state index contributed by atoms with van der Waals surface area (Å²) in [4.78, 5) is 25.5. The summed E-state index contributed by atoms with van der Waals surface area (Å²) in [7, 11) is 0. The number of halogens is 1. The van der Waals surface area contributed by atoms with E-state index in [0.717, 1.165) is 31.5 Å². The van der Waals surface area contributed by atoms with Gasteiger partial charge in [-0.3, -0.25) is 9.59 Å². The van der Waals surface area contributed by atoms with Crippen LogP contribution >= 0.6 is 0 Å². The van der Waals surface area contributed by atoms with Crippen LogP contribution in [0.1, 0.15) is 38.2 Å². The second-order valence-corrected chi connectivity index (χ2v) is 8.96. The van der Waals surface area contributed by atoms with E-state index < -0.39 is 12.2 Å². The van der Waals surface area contributed by atoms with Gasteiger partial charge in [0.15, 0.2) is 0 Å². The molecule has 3 heterocycles. The number of amides is 2. The Morgan fingerprint density at radius 1 is 1.19 bits per heavy atom. The molecule has 0 bridgehead atoms. The second kappa shape index (κ2) is 10.2. The highest BCUT2D eigenvalue weighted by molar-refractivity contribution is 5.76. The number of fused-ring (bicyclic) bond motifs is 1. The fourth-order valence-corrected chi connectivity index (χ4v) is 4.77. The summed E-state index contributed by atoms with van der Waals surface area (Å²) in [5.41, 5.74) is 0.824. The van der Waals surface area contributed by atoms with Crippen LogP contribution in [-0.4, -0.2) is 78.0 Å². The van der Waals surface area contributed by atoms with Gasteiger partial charge < -0.3 is 30.1 Å². The van der Waals surface area contributed by atoms with E-state index >= 15 is 0 Å². The Kier molecular flexibility index (Phi) is 7.40. The molecule has 3 aliphatic rings. The van der Waals surface area contributed by atoms with Crippen LogP contribution in [0.2, 0.25) is 0 Å². The average molecular weight is 450 g/mol. The molecule has 0 saturated carbocycles. The van der Waals surface area contributed by atoms with Gasteiger partial charge in [0.2, 0.25) is 11.8 Å². The Hall–Kier alpha value is -2.07. The number of piperidine rings is 1. The van der Waals surface area contributed by atoms with E-state index in [1.165, 1.54) is 12.1 Å². The normalized spacial score (nSPS) is 30.3. The smallest absolute Gasteiger partial charge is 0.222 e. The summed E-state index contributed by atoms with van der Waals surface area (Å²) < 4.78 is 24.9. The molecule has 2 amide bonds. The number of carbonyl (C=O) groups is 2. The van der Waals surface area contributed by atoms with Crippen LogP contribution < -0.4 is 10.6 Å². The number of carbonyl (C=O) groups excluding carboxylic acids is 2. The second-order valence-electron chi connectivity index (χ2n) is 8.96. The van der Waals surface area contributed by atoms with Gasteiger partial charge in [-0.1, -0.05) is 12.1 Å². The van der Waals surface area contributed by atoms with Crippen molar-refractivity contribution >= 4 is 11.8 Å². The molecule has 0 unspecified atom stereocenters. The zero-order valence-corrected chi connectivity index (χ0v) is 18.3. The Bertz CT molecular complexity index is 799. The summed E-state index contributed by atoms with van der Waals surface area (Å²) in [5.74, 6) is -0.345. The number of rotatable bonds is 7. The molecule has 5 atom stereocenters. The molecule has 8 nitrogen and oxygen atoms in total. The Balaban J connectivity index is 1.16. The highest BCUT2D eigenvalue weighted by Gasteiger charge is 2.50. The molecular weight excluding hydrogens is 417 g/mol. The standard InChI is InChI=1S/C23H32FN3O5/c1-14(28)27-8-6-17(7-9-27)25-13-20-22(30)23-19(32-20)10-18(31-23)11-21(29)26-12-15-2-4-16(24)5-3-15/h2-5,17-20,22-23,25,30H,6-13H2,1H3,(H,26,29)/t18-,19+,20+,22+,23-/m0/s1. The molecule has 4 rings (SSSR count). The zero-order valence-electron chi connectivity index (χ0n) is 18.3. The van der Waals surface area contributed by atoms with Gasteiger partial charge in [0, 0.05) is 45.6 Å². The maximum Gasteiger partial charge on any atom is 0.222 e. The number of nitrogens with one attached hydrogen (secondary N) is 2. The molecule has 32 heavy (non-hydrogen) atoms. The fraction of sp³-hybridized carbons (Fsp3) is 0.652. The van der Waals surface area contributed by atoms with Gasteiger partial charge in [-0.15, -0.1) is 0 Å². The number of benzene rings is 1. The molecule has 0 aromatic heterocycles. The maximum atomic E-state index is 13.0. The van der Waals surface area contributed by atoms with E-state index in [-0.39, 0.29) is 42.4 Å². The fourth-order valence-electron chi connectivity index (χ4n) is 4.77. The van der Waals surface area contributed by atoms with Crippen LogP contribution in [0.25, 0.3) is 0 Å². The first kappa shape index (κ1) is 23.1. The lowest BCUT2D eigenvalue weighted by atomic mass is 10.0. The van der Waals surface area contributed by atoms with Crippen LogP contribution in [0, 0.1) is 5.82 Å². The molecule has 9 heteroatoms. The molecule has 0 radical (unpaired) electrons. The predicted molar refractivity (Wildman–Crippen MR) is 114 cm³/mol. The first-order valence-electron chi connectivity index (χ1n) is 11.4. The van der Waals surface area contributed by atoms with Gasteiger partial charge >= 0.3 is 0 Å². The third-order valence-corrected chi connectivity index (χ3v) is 6.64. The van der Waals surface area contributed by atoms with Gasteiger partial charge in [-0.25, -0.2) is 4.39 Å². The minimum Gasteiger partial charge on any atom is -0.388 e. The minimum absolute atomic E-state index is 0.113. The van der Waals surface area contributed by atoms with Gasteiger partial charge in [0.1, 0.15) is 18.0 Å². The third kappa shape index (κ3) is 5.64. The van der Waals surface area contributed by atoms with E-state index in [1.807, 2.05) is 4.90 Å². The number of likely N-dealkylation sites (tertiary alicyclic amines) is 1. The van der Waals surface area contributed by atoms with Crippen molar-refractivity contribution in [3.63, 3.8) is 0 Å². The van der Waals surface area contributed by atoms with Crippen molar-refractivity contribution in [1.82, 2.24) is 15.5 Å². The van der Waals surface area contributed by atoms with Crippen LogP contribution in [0.15, 0.2) is 24.3 Å². The Morgan fingerprint density at radius 3 is 2.56 bits per heavy atom. The Morgan fingerprint density at radius 2 is 1.91 bits per heavy atom. The number of ether oxygens (including phenoxy) is 2. The molecule has 0 spiro atoms. The van der Waals surface area contributed by atoms with Crippen molar-refractivity contribution in [3.8, 4) is 0 Å². The average Bonchev–Trinajstić information content (AvgIpc) is 3.30. The largest absolute Gasteiger partial charge is 0.388 e. The van der Waals surface area contributed by atoms with Crippen molar-refractivity contribution in [3.05, 3.63) is 35.6 Å². The van der Waals surface area contributed by atoms with E-state index in [4.69, 9.17) is 9.47 Å². The quantitative estimate of drug-likeness (QED) is 0.567. The molecule has 1 aromatic rings. The van der Waals surface area contributed by atoms with Crippen molar-refractivity contribution in [2.45, 2.75) is 75.7 Å². The molecule has 0 aliphatic carbocycles. The van der Waals surface area contributed by atoms with Crippen LogP contribution in [0.4, 0.5) is 4.39 Å². The lowest BCUT2D eigenvalue weighted by molar-refractivity contribution is -0.130. The summed E-state index contributed by atoms with van der Waals surface area (Å²) in [6, 6.07) is 6.30. The predicted octanol–water partition coefficient (Wildman–Crippen LogP) is 0.718. The summed E-state index contributed by atoms with van der Waals surface area (Å²) >= 11 is 0. The summed E-state index contributed by atoms with van der Waals surface area (Å²) in [6.07, 6.45) is 0.532. The SMILES string of the molecule is CC(=O)N1CCC(NC[C@H]2O[C@@H]3C[C@@H](CC(=O)NCc4ccc(F)cc4)O[C@@H]3[C@@H]2O)CC1. The maximum absolute atomic E-state index is 13.0. The van der Waals surface area contributed by atoms with Gasteiger partial charge in [0.05, 0.1) is 24.7 Å². The van der Waals surface area contributed by atoms with Crippen LogP contribution in [0.3, 0.4) is 0 Å². The summed E-state index contributed by atoms with van der Waals surface area (Å²) in [6.45, 7) is 3.96. The van der Waals surface area contributed by atoms with Crippen molar-refractivity contribution in [1.29, 1.82) is 0 Å². The van der Waals surface area contributed by atoms with E-state index in [9.17, 15) is 19.1 Å². The third-order valence-electron chi connectivity index (χ3n) is 6.64. The number of aliphatic hydroxyl groups excluding tert-OH is 1. The highest BCUT2D eigenvalue weighted by Crippen LogP contribution is 2.35. The zero-order chi connectivity index (χ0) is 22.7. The number of hydrogen-bond donors (Lipinski definition) is 3. The molecule has 3 saturated heterocycles. The topological polar surface area (TPSA) is 100 Å².